The molecule has 2 aromatic rings. The first-order valence-electron chi connectivity index (χ1n) is 10.3. The molecule has 2 amide bonds. The Morgan fingerprint density at radius 2 is 1.70 bits per heavy atom. The number of piperazine rings is 1. The normalized spacial score (nSPS) is 15.5. The van der Waals surface area contributed by atoms with Gasteiger partial charge in [-0.05, 0) is 44.0 Å². The lowest BCUT2D eigenvalue weighted by Crippen LogP contribution is -3.19. The van der Waals surface area contributed by atoms with E-state index in [9.17, 15) is 9.59 Å². The first kappa shape index (κ1) is 22.1. The van der Waals surface area contributed by atoms with Gasteiger partial charge in [-0.25, -0.2) is 0 Å². The molecule has 0 aromatic heterocycles. The van der Waals surface area contributed by atoms with Crippen LogP contribution in [0.15, 0.2) is 42.5 Å². The fraction of sp³-hybridized carbons (Fsp3) is 0.391. The SMILES string of the molecule is Cc1cccc(C)c1NC(=O)CNC(=O)[C@H](C)[NH+]1CCN(c2ccccc2Cl)CC1. The Morgan fingerprint density at radius 3 is 2.33 bits per heavy atom. The number of aryl methyl sites for hydroxylation is 2. The second-order valence-corrected chi connectivity index (χ2v) is 8.26. The van der Waals surface area contributed by atoms with Crippen LogP contribution in [-0.2, 0) is 9.59 Å². The second kappa shape index (κ2) is 9.96. The van der Waals surface area contributed by atoms with Gasteiger partial charge in [0.1, 0.15) is 0 Å². The first-order valence-corrected chi connectivity index (χ1v) is 10.7. The summed E-state index contributed by atoms with van der Waals surface area (Å²) in [6.45, 7) is 9.15. The molecule has 1 aliphatic rings. The molecule has 30 heavy (non-hydrogen) atoms. The van der Waals surface area contributed by atoms with E-state index < -0.39 is 0 Å². The van der Waals surface area contributed by atoms with Gasteiger partial charge in [-0.1, -0.05) is 41.9 Å². The van der Waals surface area contributed by atoms with E-state index in [1.165, 1.54) is 4.90 Å². The van der Waals surface area contributed by atoms with Crippen molar-refractivity contribution in [3.05, 3.63) is 58.6 Å². The highest BCUT2D eigenvalue weighted by Gasteiger charge is 2.29. The quantitative estimate of drug-likeness (QED) is 0.656. The van der Waals surface area contributed by atoms with E-state index in [-0.39, 0.29) is 24.4 Å². The van der Waals surface area contributed by atoms with Crippen molar-refractivity contribution in [1.29, 1.82) is 0 Å². The van der Waals surface area contributed by atoms with E-state index >= 15 is 0 Å². The predicted octanol–water partition coefficient (Wildman–Crippen LogP) is 1.81. The number of amides is 2. The Kier molecular flexibility index (Phi) is 7.34. The number of carbonyl (C=O) groups is 2. The van der Waals surface area contributed by atoms with Crippen molar-refractivity contribution in [3.8, 4) is 0 Å². The number of halogens is 1. The molecular weight excluding hydrogens is 400 g/mol. The Bertz CT molecular complexity index is 890. The summed E-state index contributed by atoms with van der Waals surface area (Å²) in [5, 5.41) is 6.44. The number of nitrogens with zero attached hydrogens (tertiary/aromatic N) is 1. The summed E-state index contributed by atoms with van der Waals surface area (Å²) < 4.78 is 0. The summed E-state index contributed by atoms with van der Waals surface area (Å²) in [5.74, 6) is -0.320. The third-order valence-electron chi connectivity index (χ3n) is 5.77. The molecule has 0 aliphatic carbocycles. The van der Waals surface area contributed by atoms with Crippen LogP contribution in [0.2, 0.25) is 5.02 Å². The smallest absolute Gasteiger partial charge is 0.278 e. The zero-order valence-electron chi connectivity index (χ0n) is 17.8. The number of rotatable bonds is 6. The van der Waals surface area contributed by atoms with E-state index in [4.69, 9.17) is 11.6 Å². The number of benzene rings is 2. The molecule has 7 heteroatoms. The molecule has 1 heterocycles. The molecule has 0 bridgehead atoms. The number of para-hydroxylation sites is 2. The van der Waals surface area contributed by atoms with Crippen molar-refractivity contribution in [2.24, 2.45) is 0 Å². The molecule has 3 rings (SSSR count). The van der Waals surface area contributed by atoms with Crippen molar-refractivity contribution in [2.75, 3.05) is 42.9 Å². The van der Waals surface area contributed by atoms with Gasteiger partial charge in [-0.3, -0.25) is 9.59 Å². The Hall–Kier alpha value is -2.57. The van der Waals surface area contributed by atoms with Crippen LogP contribution in [0.1, 0.15) is 18.1 Å². The average Bonchev–Trinajstić information content (AvgIpc) is 2.75. The number of hydrogen-bond donors (Lipinski definition) is 3. The fourth-order valence-corrected chi connectivity index (χ4v) is 4.13. The number of hydrogen-bond acceptors (Lipinski definition) is 3. The zero-order chi connectivity index (χ0) is 21.7. The minimum Gasteiger partial charge on any atom is -0.359 e. The van der Waals surface area contributed by atoms with Gasteiger partial charge in [0.2, 0.25) is 5.91 Å². The average molecular weight is 430 g/mol. The van der Waals surface area contributed by atoms with E-state index in [2.05, 4.69) is 15.5 Å². The molecule has 0 radical (unpaired) electrons. The number of carbonyl (C=O) groups excluding carboxylic acids is 2. The van der Waals surface area contributed by atoms with E-state index in [1.807, 2.05) is 63.2 Å². The molecule has 1 fully saturated rings. The summed E-state index contributed by atoms with van der Waals surface area (Å²) in [4.78, 5) is 28.4. The van der Waals surface area contributed by atoms with Crippen LogP contribution in [0.25, 0.3) is 0 Å². The lowest BCUT2D eigenvalue weighted by molar-refractivity contribution is -0.914. The molecule has 0 unspecified atom stereocenters. The topological polar surface area (TPSA) is 65.9 Å². The monoisotopic (exact) mass is 429 g/mol. The fourth-order valence-electron chi connectivity index (χ4n) is 3.88. The van der Waals surface area contributed by atoms with Crippen LogP contribution in [0.3, 0.4) is 0 Å². The Labute approximate surface area is 183 Å². The standard InChI is InChI=1S/C23H29ClN4O2/c1-16-7-6-8-17(2)22(16)26-21(29)15-25-23(30)18(3)27-11-13-28(14-12-27)20-10-5-4-9-19(20)24/h4-10,18H,11-15H2,1-3H3,(H,25,30)(H,26,29)/p+1/t18-/m0/s1. The Balaban J connectivity index is 1.47. The van der Waals surface area contributed by atoms with Gasteiger partial charge < -0.3 is 20.4 Å². The molecule has 2 aromatic carbocycles. The number of nitrogens with one attached hydrogen (secondary N) is 3. The summed E-state index contributed by atoms with van der Waals surface area (Å²) in [6.07, 6.45) is 0. The van der Waals surface area contributed by atoms with Crippen LogP contribution in [0.4, 0.5) is 11.4 Å². The third kappa shape index (κ3) is 5.32. The molecular formula is C23H30ClN4O2+. The third-order valence-corrected chi connectivity index (χ3v) is 6.09. The van der Waals surface area contributed by atoms with E-state index in [1.54, 1.807) is 0 Å². The zero-order valence-corrected chi connectivity index (χ0v) is 18.6. The lowest BCUT2D eigenvalue weighted by atomic mass is 10.1. The summed E-state index contributed by atoms with van der Waals surface area (Å²) >= 11 is 6.30. The Morgan fingerprint density at radius 1 is 1.07 bits per heavy atom. The van der Waals surface area contributed by atoms with Gasteiger partial charge in [-0.15, -0.1) is 0 Å². The maximum absolute atomic E-state index is 12.6. The molecule has 6 nitrogen and oxygen atoms in total. The lowest BCUT2D eigenvalue weighted by Gasteiger charge is -2.36. The predicted molar refractivity (Wildman–Crippen MR) is 121 cm³/mol. The molecule has 160 valence electrons. The van der Waals surface area contributed by atoms with E-state index in [0.29, 0.717) is 0 Å². The van der Waals surface area contributed by atoms with Crippen LogP contribution in [-0.4, -0.2) is 50.6 Å². The number of quaternary nitrogens is 1. The van der Waals surface area contributed by atoms with Crippen molar-refractivity contribution >= 4 is 34.8 Å². The largest absolute Gasteiger partial charge is 0.359 e. The highest BCUT2D eigenvalue weighted by atomic mass is 35.5. The van der Waals surface area contributed by atoms with Crippen molar-refractivity contribution in [3.63, 3.8) is 0 Å². The maximum atomic E-state index is 12.6. The van der Waals surface area contributed by atoms with Gasteiger partial charge in [0.05, 0.1) is 43.4 Å². The van der Waals surface area contributed by atoms with Gasteiger partial charge in [0, 0.05) is 5.69 Å². The minimum absolute atomic E-state index is 0.0318. The molecule has 3 N–H and O–H groups in total. The van der Waals surface area contributed by atoms with Gasteiger partial charge >= 0.3 is 0 Å². The minimum atomic E-state index is -0.216. The van der Waals surface area contributed by atoms with Crippen molar-refractivity contribution in [1.82, 2.24) is 5.32 Å². The van der Waals surface area contributed by atoms with Gasteiger partial charge in [0.25, 0.3) is 5.91 Å². The molecule has 1 atom stereocenters. The summed E-state index contributed by atoms with van der Waals surface area (Å²) in [5.41, 5.74) is 3.86. The van der Waals surface area contributed by atoms with Crippen LogP contribution < -0.4 is 20.4 Å². The number of anilines is 2. The second-order valence-electron chi connectivity index (χ2n) is 7.85. The summed E-state index contributed by atoms with van der Waals surface area (Å²) in [7, 11) is 0. The highest BCUT2D eigenvalue weighted by Crippen LogP contribution is 2.24. The molecule has 0 spiro atoms. The first-order chi connectivity index (χ1) is 14.4. The highest BCUT2D eigenvalue weighted by molar-refractivity contribution is 6.33. The molecule has 0 saturated carbocycles. The summed E-state index contributed by atoms with van der Waals surface area (Å²) in [6, 6.07) is 13.5. The molecule has 1 saturated heterocycles. The maximum Gasteiger partial charge on any atom is 0.278 e. The van der Waals surface area contributed by atoms with Crippen LogP contribution in [0, 0.1) is 13.8 Å². The van der Waals surface area contributed by atoms with Crippen LogP contribution in [0.5, 0.6) is 0 Å². The van der Waals surface area contributed by atoms with Crippen molar-refractivity contribution < 1.29 is 14.5 Å². The van der Waals surface area contributed by atoms with E-state index in [0.717, 1.165) is 53.7 Å². The van der Waals surface area contributed by atoms with Gasteiger partial charge in [-0.2, -0.15) is 0 Å². The molecule has 1 aliphatic heterocycles. The van der Waals surface area contributed by atoms with Gasteiger partial charge in [0.15, 0.2) is 6.04 Å². The van der Waals surface area contributed by atoms with Crippen LogP contribution >= 0.6 is 11.6 Å². The van der Waals surface area contributed by atoms with Crippen molar-refractivity contribution in [2.45, 2.75) is 26.8 Å².